The molecule has 88 valence electrons. The largest absolute Gasteiger partial charge is 0.325 e. The highest BCUT2D eigenvalue weighted by molar-refractivity contribution is 5.05. The van der Waals surface area contributed by atoms with Gasteiger partial charge in [-0.3, -0.25) is 0 Å². The molecule has 15 heavy (non-hydrogen) atoms. The van der Waals surface area contributed by atoms with E-state index < -0.39 is 0 Å². The molecule has 0 heterocycles. The maximum Gasteiger partial charge on any atom is 0.0167 e. The van der Waals surface area contributed by atoms with Gasteiger partial charge in [0.2, 0.25) is 0 Å². The summed E-state index contributed by atoms with van der Waals surface area (Å²) >= 11 is 0. The molecule has 3 atom stereocenters. The van der Waals surface area contributed by atoms with Gasteiger partial charge in [0, 0.05) is 5.54 Å². The average molecular weight is 209 g/mol. The second-order valence-electron chi connectivity index (χ2n) is 7.52. The van der Waals surface area contributed by atoms with Crippen LogP contribution in [0.5, 0.6) is 0 Å². The highest BCUT2D eigenvalue weighted by atomic mass is 14.8. The first kappa shape index (κ1) is 11.4. The van der Waals surface area contributed by atoms with Crippen molar-refractivity contribution in [3.63, 3.8) is 0 Å². The molecule has 2 aliphatic carbocycles. The van der Waals surface area contributed by atoms with Gasteiger partial charge in [0.15, 0.2) is 0 Å². The highest BCUT2D eigenvalue weighted by Gasteiger charge is 2.49. The monoisotopic (exact) mass is 209 g/mol. The predicted octanol–water partition coefficient (Wildman–Crippen LogP) is 3.72. The maximum atomic E-state index is 6.63. The van der Waals surface area contributed by atoms with Crippen molar-refractivity contribution in [2.75, 3.05) is 0 Å². The molecule has 0 aromatic heterocycles. The van der Waals surface area contributed by atoms with E-state index in [2.05, 4.69) is 27.7 Å². The molecule has 0 aliphatic heterocycles. The summed E-state index contributed by atoms with van der Waals surface area (Å²) < 4.78 is 0. The van der Waals surface area contributed by atoms with E-state index in [1.54, 1.807) is 0 Å². The van der Waals surface area contributed by atoms with Crippen LogP contribution in [0.4, 0.5) is 0 Å². The molecule has 0 radical (unpaired) electrons. The molecule has 3 unspecified atom stereocenters. The van der Waals surface area contributed by atoms with Crippen molar-refractivity contribution in [3.05, 3.63) is 0 Å². The lowest BCUT2D eigenvalue weighted by molar-refractivity contribution is -0.00877. The molecule has 0 aromatic rings. The minimum atomic E-state index is 0.148. The fraction of sp³-hybridized carbons (Fsp3) is 1.00. The Kier molecular flexibility index (Phi) is 2.46. The Morgan fingerprint density at radius 2 is 1.73 bits per heavy atom. The van der Waals surface area contributed by atoms with Crippen LogP contribution in [0.3, 0.4) is 0 Å². The van der Waals surface area contributed by atoms with Crippen molar-refractivity contribution in [1.82, 2.24) is 0 Å². The van der Waals surface area contributed by atoms with E-state index in [4.69, 9.17) is 5.73 Å². The van der Waals surface area contributed by atoms with Crippen LogP contribution in [-0.2, 0) is 0 Å². The normalized spacial score (nSPS) is 49.0. The molecule has 2 fully saturated rings. The van der Waals surface area contributed by atoms with Crippen LogP contribution in [0.1, 0.15) is 66.2 Å². The van der Waals surface area contributed by atoms with Crippen LogP contribution in [0.15, 0.2) is 0 Å². The molecule has 1 nitrogen and oxygen atoms in total. The summed E-state index contributed by atoms with van der Waals surface area (Å²) in [6.45, 7) is 9.57. The maximum absolute atomic E-state index is 6.63. The Morgan fingerprint density at radius 1 is 1.07 bits per heavy atom. The molecule has 0 amide bonds. The summed E-state index contributed by atoms with van der Waals surface area (Å²) in [6.07, 6.45) is 7.85. The summed E-state index contributed by atoms with van der Waals surface area (Å²) in [5.74, 6) is 0.887. The molecule has 0 aromatic carbocycles. The minimum absolute atomic E-state index is 0.148. The lowest BCUT2D eigenvalue weighted by Crippen LogP contribution is -2.56. The fourth-order valence-electron chi connectivity index (χ4n) is 4.69. The van der Waals surface area contributed by atoms with Crippen LogP contribution < -0.4 is 5.73 Å². The van der Waals surface area contributed by atoms with Gasteiger partial charge in [0.1, 0.15) is 0 Å². The Bertz CT molecular complexity index is 256. The predicted molar refractivity (Wildman–Crippen MR) is 65.7 cm³/mol. The van der Waals surface area contributed by atoms with Crippen molar-refractivity contribution >= 4 is 0 Å². The molecular formula is C14H27N. The number of hydrogen-bond acceptors (Lipinski definition) is 1. The van der Waals surface area contributed by atoms with Crippen LogP contribution in [0.25, 0.3) is 0 Å². The summed E-state index contributed by atoms with van der Waals surface area (Å²) in [4.78, 5) is 0. The summed E-state index contributed by atoms with van der Waals surface area (Å²) in [5, 5.41) is 0. The summed E-state index contributed by atoms with van der Waals surface area (Å²) in [5.41, 5.74) is 7.78. The molecule has 0 saturated heterocycles. The molecule has 1 heteroatoms. The van der Waals surface area contributed by atoms with E-state index in [0.29, 0.717) is 10.8 Å². The van der Waals surface area contributed by atoms with Crippen LogP contribution >= 0.6 is 0 Å². The second kappa shape index (κ2) is 3.23. The lowest BCUT2D eigenvalue weighted by Gasteiger charge is -2.55. The summed E-state index contributed by atoms with van der Waals surface area (Å²) in [7, 11) is 0. The van der Waals surface area contributed by atoms with E-state index in [0.717, 1.165) is 5.92 Å². The number of hydrogen-bond donors (Lipinski definition) is 1. The Balaban J connectivity index is 2.21. The van der Waals surface area contributed by atoms with Crippen LogP contribution in [0, 0.1) is 16.7 Å². The van der Waals surface area contributed by atoms with Crippen molar-refractivity contribution in [2.24, 2.45) is 22.5 Å². The van der Waals surface area contributed by atoms with E-state index >= 15 is 0 Å². The van der Waals surface area contributed by atoms with Crippen molar-refractivity contribution in [3.8, 4) is 0 Å². The molecular weight excluding hydrogens is 182 g/mol. The topological polar surface area (TPSA) is 26.0 Å². The van der Waals surface area contributed by atoms with Gasteiger partial charge in [0.25, 0.3) is 0 Å². The quantitative estimate of drug-likeness (QED) is 0.700. The van der Waals surface area contributed by atoms with Crippen LogP contribution in [-0.4, -0.2) is 5.54 Å². The number of rotatable bonds is 1. The first-order valence-corrected chi connectivity index (χ1v) is 6.55. The molecule has 0 spiro atoms. The van der Waals surface area contributed by atoms with E-state index in [9.17, 15) is 0 Å². The third-order valence-electron chi connectivity index (χ3n) is 4.78. The van der Waals surface area contributed by atoms with Gasteiger partial charge in [-0.25, -0.2) is 0 Å². The standard InChI is InChI=1S/C14H27N/c1-5-13(4)7-11-6-12(2,3)9-14(15,8-11)10-13/h11H,5-10,15H2,1-4H3. The van der Waals surface area contributed by atoms with E-state index in [1.165, 1.54) is 38.5 Å². The van der Waals surface area contributed by atoms with Gasteiger partial charge in [0.05, 0.1) is 0 Å². The summed E-state index contributed by atoms with van der Waals surface area (Å²) in [6, 6.07) is 0. The molecule has 2 aliphatic rings. The van der Waals surface area contributed by atoms with Crippen LogP contribution in [0.2, 0.25) is 0 Å². The first-order chi connectivity index (χ1) is 6.76. The fourth-order valence-corrected chi connectivity index (χ4v) is 4.69. The van der Waals surface area contributed by atoms with Crippen molar-refractivity contribution in [1.29, 1.82) is 0 Å². The van der Waals surface area contributed by atoms with Crippen molar-refractivity contribution < 1.29 is 0 Å². The van der Waals surface area contributed by atoms with E-state index in [-0.39, 0.29) is 5.54 Å². The number of nitrogens with two attached hydrogens (primary N) is 1. The Labute approximate surface area is 94.8 Å². The average Bonchev–Trinajstić information content (AvgIpc) is 1.96. The van der Waals surface area contributed by atoms with Gasteiger partial charge in [-0.1, -0.05) is 34.1 Å². The highest BCUT2D eigenvalue weighted by Crippen LogP contribution is 2.55. The van der Waals surface area contributed by atoms with Gasteiger partial charge >= 0.3 is 0 Å². The Morgan fingerprint density at radius 3 is 2.27 bits per heavy atom. The van der Waals surface area contributed by atoms with Gasteiger partial charge in [-0.05, 0) is 48.9 Å². The second-order valence-corrected chi connectivity index (χ2v) is 7.52. The third kappa shape index (κ3) is 2.22. The zero-order valence-corrected chi connectivity index (χ0v) is 10.9. The SMILES string of the molecule is CCC1(C)CC2CC(C)(C)CC(N)(C2)C1. The zero-order chi connectivity index (χ0) is 11.3. The van der Waals surface area contributed by atoms with Gasteiger partial charge < -0.3 is 5.73 Å². The third-order valence-corrected chi connectivity index (χ3v) is 4.78. The number of fused-ring (bicyclic) bond motifs is 2. The lowest BCUT2D eigenvalue weighted by atomic mass is 9.52. The smallest absolute Gasteiger partial charge is 0.0167 e. The Hall–Kier alpha value is -0.0400. The molecule has 2 bridgehead atoms. The van der Waals surface area contributed by atoms with Crippen molar-refractivity contribution in [2.45, 2.75) is 71.8 Å². The molecule has 2 saturated carbocycles. The minimum Gasteiger partial charge on any atom is -0.325 e. The molecule has 2 N–H and O–H groups in total. The van der Waals surface area contributed by atoms with Gasteiger partial charge in [-0.15, -0.1) is 0 Å². The zero-order valence-electron chi connectivity index (χ0n) is 10.9. The van der Waals surface area contributed by atoms with E-state index in [1.807, 2.05) is 0 Å². The molecule has 2 rings (SSSR count). The van der Waals surface area contributed by atoms with Gasteiger partial charge in [-0.2, -0.15) is 0 Å². The first-order valence-electron chi connectivity index (χ1n) is 6.55.